The number of benzene rings is 2. The van der Waals surface area contributed by atoms with Gasteiger partial charge in [0.25, 0.3) is 5.91 Å². The van der Waals surface area contributed by atoms with Crippen molar-refractivity contribution in [3.63, 3.8) is 0 Å². The summed E-state index contributed by atoms with van der Waals surface area (Å²) >= 11 is 3.10. The third-order valence-corrected chi connectivity index (χ3v) is 3.92. The summed E-state index contributed by atoms with van der Waals surface area (Å²) in [7, 11) is 3.04. The Morgan fingerprint density at radius 3 is 2.46 bits per heavy atom. The summed E-state index contributed by atoms with van der Waals surface area (Å²) in [5.74, 6) is -1.03. The fourth-order valence-corrected chi connectivity index (χ4v) is 2.44. The van der Waals surface area contributed by atoms with Gasteiger partial charge in [-0.1, -0.05) is 22.0 Å². The Morgan fingerprint density at radius 2 is 1.81 bits per heavy atom. The lowest BCUT2D eigenvalue weighted by atomic mass is 10.2. The van der Waals surface area contributed by atoms with E-state index in [1.54, 1.807) is 18.2 Å². The molecule has 2 rings (SSSR count). The van der Waals surface area contributed by atoms with Crippen LogP contribution in [0.4, 0.5) is 4.39 Å². The summed E-state index contributed by atoms with van der Waals surface area (Å²) in [4.78, 5) is 23.6. The molecule has 1 N–H and O–H groups in total. The normalized spacial score (nSPS) is 10.2. The van der Waals surface area contributed by atoms with E-state index in [4.69, 9.17) is 14.2 Å². The van der Waals surface area contributed by atoms with E-state index in [-0.39, 0.29) is 12.1 Å². The fourth-order valence-electron chi connectivity index (χ4n) is 2.11. The number of methoxy groups -OCH3 is 2. The SMILES string of the molecule is COc1ccc(CNC(=O)COC(=O)c2ccc(Br)cc2F)cc1OC. The number of halogens is 2. The van der Waals surface area contributed by atoms with Gasteiger partial charge >= 0.3 is 5.97 Å². The number of carbonyl (C=O) groups is 2. The highest BCUT2D eigenvalue weighted by molar-refractivity contribution is 9.10. The molecular weight excluding hydrogens is 409 g/mol. The van der Waals surface area contributed by atoms with Crippen LogP contribution in [0.15, 0.2) is 40.9 Å². The molecule has 0 radical (unpaired) electrons. The van der Waals surface area contributed by atoms with Crippen molar-refractivity contribution in [1.82, 2.24) is 5.32 Å². The maximum Gasteiger partial charge on any atom is 0.341 e. The van der Waals surface area contributed by atoms with Gasteiger partial charge in [-0.2, -0.15) is 0 Å². The standard InChI is InChI=1S/C18H17BrFNO5/c1-24-15-6-3-11(7-16(15)25-2)9-21-17(22)10-26-18(23)13-5-4-12(19)8-14(13)20/h3-8H,9-10H2,1-2H3,(H,21,22). The van der Waals surface area contributed by atoms with Crippen LogP contribution in [0.2, 0.25) is 0 Å². The van der Waals surface area contributed by atoms with Crippen molar-refractivity contribution >= 4 is 27.8 Å². The van der Waals surface area contributed by atoms with Crippen LogP contribution < -0.4 is 14.8 Å². The van der Waals surface area contributed by atoms with Crippen molar-refractivity contribution < 1.29 is 28.2 Å². The molecule has 0 aromatic heterocycles. The topological polar surface area (TPSA) is 73.9 Å². The zero-order valence-electron chi connectivity index (χ0n) is 14.2. The number of hydrogen-bond donors (Lipinski definition) is 1. The lowest BCUT2D eigenvalue weighted by molar-refractivity contribution is -0.124. The molecule has 0 aliphatic carbocycles. The van der Waals surface area contributed by atoms with Crippen LogP contribution in [0.25, 0.3) is 0 Å². The Kier molecular flexibility index (Phi) is 6.97. The predicted molar refractivity (Wildman–Crippen MR) is 95.8 cm³/mol. The summed E-state index contributed by atoms with van der Waals surface area (Å²) < 4.78 is 29.3. The molecule has 0 atom stereocenters. The number of rotatable bonds is 7. The summed E-state index contributed by atoms with van der Waals surface area (Å²) in [5.41, 5.74) is 0.544. The molecule has 26 heavy (non-hydrogen) atoms. The zero-order chi connectivity index (χ0) is 19.1. The van der Waals surface area contributed by atoms with Crippen LogP contribution >= 0.6 is 15.9 Å². The molecule has 1 amide bonds. The van der Waals surface area contributed by atoms with Crippen molar-refractivity contribution in [1.29, 1.82) is 0 Å². The van der Waals surface area contributed by atoms with Gasteiger partial charge in [0, 0.05) is 11.0 Å². The second-order valence-electron chi connectivity index (χ2n) is 5.17. The maximum absolute atomic E-state index is 13.7. The Balaban J connectivity index is 1.86. The van der Waals surface area contributed by atoms with Gasteiger partial charge in [-0.3, -0.25) is 4.79 Å². The monoisotopic (exact) mass is 425 g/mol. The molecule has 8 heteroatoms. The van der Waals surface area contributed by atoms with Crippen LogP contribution in [0.3, 0.4) is 0 Å². The molecule has 0 spiro atoms. The van der Waals surface area contributed by atoms with Gasteiger partial charge in [-0.15, -0.1) is 0 Å². The van der Waals surface area contributed by atoms with Crippen LogP contribution in [-0.2, 0) is 16.1 Å². The Labute approximate surface area is 158 Å². The Morgan fingerprint density at radius 1 is 1.08 bits per heavy atom. The fraction of sp³-hybridized carbons (Fsp3) is 0.222. The van der Waals surface area contributed by atoms with Crippen LogP contribution in [0.1, 0.15) is 15.9 Å². The molecule has 0 aliphatic heterocycles. The lowest BCUT2D eigenvalue weighted by Crippen LogP contribution is -2.28. The van der Waals surface area contributed by atoms with Crippen molar-refractivity contribution in [2.75, 3.05) is 20.8 Å². The highest BCUT2D eigenvalue weighted by atomic mass is 79.9. The minimum absolute atomic E-state index is 0.212. The van der Waals surface area contributed by atoms with Gasteiger partial charge in [0.1, 0.15) is 5.82 Å². The third-order valence-electron chi connectivity index (χ3n) is 3.42. The number of amides is 1. The highest BCUT2D eigenvalue weighted by Crippen LogP contribution is 2.27. The first-order valence-corrected chi connectivity index (χ1v) is 8.33. The molecule has 138 valence electrons. The van der Waals surface area contributed by atoms with E-state index >= 15 is 0 Å². The van der Waals surface area contributed by atoms with Crippen molar-refractivity contribution in [3.8, 4) is 11.5 Å². The number of carbonyl (C=O) groups excluding carboxylic acids is 2. The van der Waals surface area contributed by atoms with Gasteiger partial charge in [-0.05, 0) is 35.9 Å². The van der Waals surface area contributed by atoms with Gasteiger partial charge in [0.2, 0.25) is 0 Å². The van der Waals surface area contributed by atoms with Gasteiger partial charge in [-0.25, -0.2) is 9.18 Å². The molecule has 0 bridgehead atoms. The molecule has 0 aliphatic rings. The minimum Gasteiger partial charge on any atom is -0.493 e. The van der Waals surface area contributed by atoms with E-state index in [2.05, 4.69) is 21.2 Å². The molecular formula is C18H17BrFNO5. The van der Waals surface area contributed by atoms with Crippen molar-refractivity contribution in [2.45, 2.75) is 6.54 Å². The largest absolute Gasteiger partial charge is 0.493 e. The van der Waals surface area contributed by atoms with E-state index in [0.29, 0.717) is 16.0 Å². The van der Waals surface area contributed by atoms with Crippen molar-refractivity contribution in [3.05, 3.63) is 57.8 Å². The van der Waals surface area contributed by atoms with Crippen LogP contribution in [0, 0.1) is 5.82 Å². The number of hydrogen-bond acceptors (Lipinski definition) is 5. The predicted octanol–water partition coefficient (Wildman–Crippen LogP) is 3.08. The third kappa shape index (κ3) is 5.19. The van der Waals surface area contributed by atoms with Gasteiger partial charge in [0.15, 0.2) is 18.1 Å². The van der Waals surface area contributed by atoms with Crippen LogP contribution in [0.5, 0.6) is 11.5 Å². The molecule has 2 aromatic carbocycles. The second kappa shape index (κ2) is 9.19. The number of nitrogens with one attached hydrogen (secondary N) is 1. The summed E-state index contributed by atoms with van der Waals surface area (Å²) in [6.45, 7) is -0.301. The van der Waals surface area contributed by atoms with Gasteiger partial charge < -0.3 is 19.5 Å². The van der Waals surface area contributed by atoms with Gasteiger partial charge in [0.05, 0.1) is 19.8 Å². The average Bonchev–Trinajstić information content (AvgIpc) is 2.64. The van der Waals surface area contributed by atoms with E-state index < -0.39 is 24.3 Å². The first-order chi connectivity index (χ1) is 12.4. The second-order valence-corrected chi connectivity index (χ2v) is 6.08. The lowest BCUT2D eigenvalue weighted by Gasteiger charge is -2.10. The summed E-state index contributed by atoms with van der Waals surface area (Å²) in [6, 6.07) is 9.15. The first kappa shape index (κ1) is 19.7. The Hall–Kier alpha value is -2.61. The number of ether oxygens (including phenoxy) is 3. The molecule has 0 heterocycles. The zero-order valence-corrected chi connectivity index (χ0v) is 15.8. The average molecular weight is 426 g/mol. The molecule has 0 saturated heterocycles. The highest BCUT2D eigenvalue weighted by Gasteiger charge is 2.15. The Bertz CT molecular complexity index is 812. The number of esters is 1. The van der Waals surface area contributed by atoms with Crippen molar-refractivity contribution in [2.24, 2.45) is 0 Å². The van der Waals surface area contributed by atoms with E-state index in [0.717, 1.165) is 11.6 Å². The van der Waals surface area contributed by atoms with E-state index in [1.165, 1.54) is 26.4 Å². The molecule has 6 nitrogen and oxygen atoms in total. The maximum atomic E-state index is 13.7. The first-order valence-electron chi connectivity index (χ1n) is 7.54. The smallest absolute Gasteiger partial charge is 0.341 e. The van der Waals surface area contributed by atoms with Crippen LogP contribution in [-0.4, -0.2) is 32.7 Å². The van der Waals surface area contributed by atoms with E-state index in [1.807, 2.05) is 0 Å². The molecule has 2 aromatic rings. The molecule has 0 fully saturated rings. The minimum atomic E-state index is -0.906. The van der Waals surface area contributed by atoms with E-state index in [9.17, 15) is 14.0 Å². The summed E-state index contributed by atoms with van der Waals surface area (Å²) in [6.07, 6.45) is 0. The molecule has 0 saturated carbocycles. The quantitative estimate of drug-likeness (QED) is 0.689. The molecule has 0 unspecified atom stereocenters. The summed E-state index contributed by atoms with van der Waals surface area (Å²) in [5, 5.41) is 2.60.